The Morgan fingerprint density at radius 2 is 1.80 bits per heavy atom. The first-order valence-electron chi connectivity index (χ1n) is 8.36. The molecule has 1 aliphatic rings. The zero-order valence-electron chi connectivity index (χ0n) is 15.2. The number of carbonyl (C=O) groups excluding carboxylic acids is 2. The smallest absolute Gasteiger partial charge is 0.410 e. The van der Waals surface area contributed by atoms with Crippen molar-refractivity contribution in [1.29, 1.82) is 0 Å². The van der Waals surface area contributed by atoms with Crippen molar-refractivity contribution < 1.29 is 19.4 Å². The van der Waals surface area contributed by atoms with Gasteiger partial charge in [-0.3, -0.25) is 4.79 Å². The van der Waals surface area contributed by atoms with Crippen LogP contribution in [-0.4, -0.2) is 40.6 Å². The maximum Gasteiger partial charge on any atom is 0.410 e. The minimum atomic E-state index is -0.544. The first kappa shape index (κ1) is 18.8. The highest BCUT2D eigenvalue weighted by atomic mass is 16.6. The maximum absolute atomic E-state index is 12.6. The molecule has 0 unspecified atom stereocenters. The van der Waals surface area contributed by atoms with Crippen LogP contribution in [0, 0.1) is 0 Å². The Hall–Kier alpha value is -2.56. The molecule has 1 aromatic carbocycles. The van der Waals surface area contributed by atoms with Crippen LogP contribution in [0.4, 0.5) is 4.79 Å². The number of ether oxygens (including phenoxy) is 1. The van der Waals surface area contributed by atoms with Crippen LogP contribution in [0.1, 0.15) is 39.7 Å². The minimum absolute atomic E-state index is 0.0129. The van der Waals surface area contributed by atoms with Crippen LogP contribution < -0.4 is 0 Å². The number of rotatable bonds is 3. The Balaban J connectivity index is 2.08. The van der Waals surface area contributed by atoms with E-state index in [1.807, 2.05) is 39.0 Å². The van der Waals surface area contributed by atoms with Crippen LogP contribution >= 0.6 is 0 Å². The zero-order chi connectivity index (χ0) is 18.6. The fraction of sp³-hybridized carbons (Fsp3) is 0.400. The van der Waals surface area contributed by atoms with Crippen LogP contribution in [0.5, 0.6) is 0 Å². The summed E-state index contributed by atoms with van der Waals surface area (Å²) in [7, 11) is 0. The predicted molar refractivity (Wildman–Crippen MR) is 97.2 cm³/mol. The first-order valence-corrected chi connectivity index (χ1v) is 8.36. The molecule has 0 aromatic heterocycles. The van der Waals surface area contributed by atoms with Gasteiger partial charge in [0.25, 0.3) is 0 Å². The van der Waals surface area contributed by atoms with Crippen molar-refractivity contribution >= 4 is 17.6 Å². The molecule has 1 amide bonds. The van der Waals surface area contributed by atoms with Gasteiger partial charge in [0.15, 0.2) is 5.78 Å². The van der Waals surface area contributed by atoms with Crippen LogP contribution in [0.25, 0.3) is 5.76 Å². The Labute approximate surface area is 148 Å². The molecule has 0 bridgehead atoms. The fourth-order valence-electron chi connectivity index (χ4n) is 2.53. The van der Waals surface area contributed by atoms with Gasteiger partial charge in [-0.25, -0.2) is 4.79 Å². The van der Waals surface area contributed by atoms with Gasteiger partial charge in [-0.05, 0) is 39.7 Å². The van der Waals surface area contributed by atoms with Crippen molar-refractivity contribution in [3.05, 3.63) is 53.1 Å². The summed E-state index contributed by atoms with van der Waals surface area (Å²) >= 11 is 0. The van der Waals surface area contributed by atoms with E-state index in [2.05, 4.69) is 0 Å². The summed E-state index contributed by atoms with van der Waals surface area (Å²) < 4.78 is 5.34. The standard InChI is InChI=1S/C20H25NO4/c1-14(17(22)15-8-6-5-7-9-15)18(23)16-10-12-21(13-11-16)19(24)25-20(2,3)4/h5-10,22H,11-13H2,1-4H3/b17-14-. The lowest BCUT2D eigenvalue weighted by molar-refractivity contribution is -0.112. The van der Waals surface area contributed by atoms with E-state index in [4.69, 9.17) is 4.74 Å². The van der Waals surface area contributed by atoms with Crippen molar-refractivity contribution in [3.63, 3.8) is 0 Å². The Kier molecular flexibility index (Phi) is 5.67. The molecular formula is C20H25NO4. The second-order valence-corrected chi connectivity index (χ2v) is 7.07. The number of hydrogen-bond acceptors (Lipinski definition) is 4. The normalized spacial score (nSPS) is 16.0. The fourth-order valence-corrected chi connectivity index (χ4v) is 2.53. The number of carbonyl (C=O) groups is 2. The molecule has 2 rings (SSSR count). The number of benzene rings is 1. The van der Waals surface area contributed by atoms with Gasteiger partial charge in [0.2, 0.25) is 0 Å². The lowest BCUT2D eigenvalue weighted by Gasteiger charge is -2.29. The number of amides is 1. The second-order valence-electron chi connectivity index (χ2n) is 7.07. The van der Waals surface area contributed by atoms with Crippen LogP contribution in [0.15, 0.2) is 47.6 Å². The second kappa shape index (κ2) is 7.55. The SMILES string of the molecule is C/C(C(=O)C1=CCN(C(=O)OC(C)(C)C)CC1)=C(/O)c1ccccc1. The molecule has 25 heavy (non-hydrogen) atoms. The molecule has 0 spiro atoms. The molecule has 1 aromatic rings. The molecule has 0 saturated heterocycles. The van der Waals surface area contributed by atoms with Crippen LogP contribution in [0.2, 0.25) is 0 Å². The molecule has 0 aliphatic carbocycles. The predicted octanol–water partition coefficient (Wildman–Crippen LogP) is 4.11. The number of ketones is 1. The van der Waals surface area contributed by atoms with Crippen molar-refractivity contribution in [2.45, 2.75) is 39.7 Å². The molecule has 0 atom stereocenters. The number of nitrogens with zero attached hydrogens (tertiary/aromatic N) is 1. The molecule has 1 heterocycles. The van der Waals surface area contributed by atoms with Gasteiger partial charge in [0.1, 0.15) is 11.4 Å². The van der Waals surface area contributed by atoms with Crippen molar-refractivity contribution in [3.8, 4) is 0 Å². The van der Waals surface area contributed by atoms with Gasteiger partial charge in [0.05, 0.1) is 0 Å². The van der Waals surface area contributed by atoms with E-state index >= 15 is 0 Å². The largest absolute Gasteiger partial charge is 0.507 e. The molecule has 0 radical (unpaired) electrons. The van der Waals surface area contributed by atoms with Crippen LogP contribution in [0.3, 0.4) is 0 Å². The van der Waals surface area contributed by atoms with Gasteiger partial charge in [-0.1, -0.05) is 36.4 Å². The van der Waals surface area contributed by atoms with Crippen molar-refractivity contribution in [1.82, 2.24) is 4.90 Å². The summed E-state index contributed by atoms with van der Waals surface area (Å²) in [6.45, 7) is 7.83. The van der Waals surface area contributed by atoms with Crippen LogP contribution in [-0.2, 0) is 9.53 Å². The Morgan fingerprint density at radius 3 is 2.32 bits per heavy atom. The third-order valence-corrected chi connectivity index (χ3v) is 3.90. The minimum Gasteiger partial charge on any atom is -0.507 e. The Bertz CT molecular complexity index is 711. The lowest BCUT2D eigenvalue weighted by Crippen LogP contribution is -2.39. The maximum atomic E-state index is 12.6. The van der Waals surface area contributed by atoms with E-state index in [-0.39, 0.29) is 17.6 Å². The number of Topliss-reactive ketones (excluding diaryl/α,β-unsaturated/α-hetero) is 1. The molecule has 134 valence electrons. The molecule has 1 aliphatic heterocycles. The highest BCUT2D eigenvalue weighted by Gasteiger charge is 2.26. The van der Waals surface area contributed by atoms with Gasteiger partial charge in [-0.2, -0.15) is 0 Å². The summed E-state index contributed by atoms with van der Waals surface area (Å²) in [5.74, 6) is -0.203. The molecular weight excluding hydrogens is 318 g/mol. The quantitative estimate of drug-likeness (QED) is 0.662. The van der Waals surface area contributed by atoms with E-state index in [1.54, 1.807) is 30.0 Å². The highest BCUT2D eigenvalue weighted by Crippen LogP contribution is 2.22. The molecule has 1 N–H and O–H groups in total. The first-order chi connectivity index (χ1) is 11.7. The van der Waals surface area contributed by atoms with E-state index in [1.165, 1.54) is 0 Å². The molecule has 0 fully saturated rings. The van der Waals surface area contributed by atoms with E-state index in [0.717, 1.165) is 0 Å². The third-order valence-electron chi connectivity index (χ3n) is 3.90. The number of aliphatic hydroxyl groups excluding tert-OH is 1. The summed E-state index contributed by atoms with van der Waals surface area (Å²) in [6, 6.07) is 8.98. The highest BCUT2D eigenvalue weighted by molar-refractivity contribution is 6.11. The van der Waals surface area contributed by atoms with E-state index < -0.39 is 5.60 Å². The number of hydrogen-bond donors (Lipinski definition) is 1. The topological polar surface area (TPSA) is 66.8 Å². The van der Waals surface area contributed by atoms with Gasteiger partial charge in [-0.15, -0.1) is 0 Å². The molecule has 0 saturated carbocycles. The van der Waals surface area contributed by atoms with Crippen molar-refractivity contribution in [2.24, 2.45) is 0 Å². The molecule has 5 heteroatoms. The Morgan fingerprint density at radius 1 is 1.16 bits per heavy atom. The zero-order valence-corrected chi connectivity index (χ0v) is 15.2. The van der Waals surface area contributed by atoms with E-state index in [0.29, 0.717) is 36.2 Å². The number of allylic oxidation sites excluding steroid dienone is 1. The summed E-state index contributed by atoms with van der Waals surface area (Å²) in [5.41, 5.74) is 0.987. The average molecular weight is 343 g/mol. The lowest BCUT2D eigenvalue weighted by atomic mass is 9.96. The monoisotopic (exact) mass is 343 g/mol. The molecule has 5 nitrogen and oxygen atoms in total. The van der Waals surface area contributed by atoms with Gasteiger partial charge >= 0.3 is 6.09 Å². The van der Waals surface area contributed by atoms with Gasteiger partial charge < -0.3 is 14.7 Å². The van der Waals surface area contributed by atoms with E-state index in [9.17, 15) is 14.7 Å². The van der Waals surface area contributed by atoms with Gasteiger partial charge in [0, 0.05) is 24.2 Å². The number of aliphatic hydroxyl groups is 1. The summed E-state index contributed by atoms with van der Waals surface area (Å²) in [6.07, 6.45) is 1.80. The summed E-state index contributed by atoms with van der Waals surface area (Å²) in [5, 5.41) is 10.3. The summed E-state index contributed by atoms with van der Waals surface area (Å²) in [4.78, 5) is 26.2. The van der Waals surface area contributed by atoms with Crippen molar-refractivity contribution in [2.75, 3.05) is 13.1 Å². The third kappa shape index (κ3) is 4.95. The average Bonchev–Trinajstić information content (AvgIpc) is 2.59.